The summed E-state index contributed by atoms with van der Waals surface area (Å²) in [5.74, 6) is -0.470. The lowest BCUT2D eigenvalue weighted by atomic mass is 10.1. The first kappa shape index (κ1) is 21.0. The summed E-state index contributed by atoms with van der Waals surface area (Å²) in [4.78, 5) is 24.9. The Bertz CT molecular complexity index is 1170. The molecule has 0 atom stereocenters. The van der Waals surface area contributed by atoms with Gasteiger partial charge in [-0.15, -0.1) is 0 Å². The number of hydrogen-bond donors (Lipinski definition) is 1. The average Bonchev–Trinajstić information content (AvgIpc) is 3.23. The van der Waals surface area contributed by atoms with Crippen molar-refractivity contribution in [3.05, 3.63) is 98.5 Å². The summed E-state index contributed by atoms with van der Waals surface area (Å²) in [6.45, 7) is 3.03. The highest BCUT2D eigenvalue weighted by molar-refractivity contribution is 9.10. The molecular weight excluding hydrogens is 460 g/mol. The molecule has 3 aromatic carbocycles. The van der Waals surface area contributed by atoms with Crippen LogP contribution in [0.5, 0.6) is 5.75 Å². The molecule has 1 aliphatic rings. The molecule has 4 rings (SSSR count). The van der Waals surface area contributed by atoms with Crippen LogP contribution >= 0.6 is 15.9 Å². The van der Waals surface area contributed by atoms with E-state index in [2.05, 4.69) is 26.5 Å². The van der Waals surface area contributed by atoms with Crippen molar-refractivity contribution in [1.29, 1.82) is 0 Å². The van der Waals surface area contributed by atoms with Gasteiger partial charge in [-0.05, 0) is 60.5 Å². The summed E-state index contributed by atoms with van der Waals surface area (Å²) in [5.41, 5.74) is 7.16. The van der Waals surface area contributed by atoms with E-state index < -0.39 is 5.97 Å². The molecule has 0 fully saturated rings. The number of carbonyl (C=O) groups is 2. The molecule has 1 heterocycles. The van der Waals surface area contributed by atoms with Gasteiger partial charge in [0.1, 0.15) is 5.75 Å². The molecule has 0 aromatic heterocycles. The molecule has 1 amide bonds. The number of esters is 1. The molecule has 0 saturated carbocycles. The highest BCUT2D eigenvalue weighted by atomic mass is 79.9. The lowest BCUT2D eigenvalue weighted by Gasteiger charge is -2.08. The van der Waals surface area contributed by atoms with Gasteiger partial charge in [-0.1, -0.05) is 39.7 Å². The molecule has 0 unspecified atom stereocenters. The van der Waals surface area contributed by atoms with Crippen molar-refractivity contribution in [2.24, 2.45) is 5.10 Å². The molecule has 156 valence electrons. The number of carbonyl (C=O) groups excluding carboxylic acids is 2. The fourth-order valence-corrected chi connectivity index (χ4v) is 3.48. The van der Waals surface area contributed by atoms with Gasteiger partial charge in [-0.3, -0.25) is 4.79 Å². The van der Waals surface area contributed by atoms with Gasteiger partial charge in [0.2, 0.25) is 0 Å². The van der Waals surface area contributed by atoms with Crippen LogP contribution in [0.15, 0.2) is 70.2 Å². The van der Waals surface area contributed by atoms with Gasteiger partial charge >= 0.3 is 5.97 Å². The summed E-state index contributed by atoms with van der Waals surface area (Å²) in [7, 11) is 0. The van der Waals surface area contributed by atoms with E-state index in [0.29, 0.717) is 35.7 Å². The van der Waals surface area contributed by atoms with Crippen LogP contribution in [-0.4, -0.2) is 18.1 Å². The van der Waals surface area contributed by atoms with Crippen molar-refractivity contribution in [2.75, 3.05) is 0 Å². The number of rotatable bonds is 5. The standard InChI is InChI=1S/C24H19BrN2O4/c1-15-2-4-16(5-3-15)24(29)31-22-9-8-21(25)11-19(22)12-26-27-23(28)17-6-7-18-13-30-14-20(18)10-17/h2-12H,13-14H2,1H3,(H,27,28). The highest BCUT2D eigenvalue weighted by Crippen LogP contribution is 2.23. The van der Waals surface area contributed by atoms with Crippen LogP contribution in [-0.2, 0) is 18.0 Å². The molecule has 1 N–H and O–H groups in total. The maximum Gasteiger partial charge on any atom is 0.343 e. The molecule has 6 nitrogen and oxygen atoms in total. The smallest absolute Gasteiger partial charge is 0.343 e. The van der Waals surface area contributed by atoms with E-state index in [1.807, 2.05) is 25.1 Å². The van der Waals surface area contributed by atoms with E-state index in [0.717, 1.165) is 21.2 Å². The summed E-state index contributed by atoms with van der Waals surface area (Å²) in [6, 6.07) is 17.7. The Morgan fingerprint density at radius 3 is 2.55 bits per heavy atom. The topological polar surface area (TPSA) is 77.0 Å². The van der Waals surface area contributed by atoms with Crippen LogP contribution in [0.2, 0.25) is 0 Å². The summed E-state index contributed by atoms with van der Waals surface area (Å²) < 4.78 is 11.7. The van der Waals surface area contributed by atoms with Gasteiger partial charge in [0.05, 0.1) is 25.0 Å². The summed E-state index contributed by atoms with van der Waals surface area (Å²) in [5, 5.41) is 4.04. The normalized spacial score (nSPS) is 12.6. The van der Waals surface area contributed by atoms with Crippen molar-refractivity contribution in [3.63, 3.8) is 0 Å². The molecule has 0 aliphatic carbocycles. The Morgan fingerprint density at radius 1 is 1.00 bits per heavy atom. The van der Waals surface area contributed by atoms with Crippen LogP contribution in [0, 0.1) is 6.92 Å². The third-order valence-corrected chi connectivity index (χ3v) is 5.31. The lowest BCUT2D eigenvalue weighted by Crippen LogP contribution is -2.18. The monoisotopic (exact) mass is 478 g/mol. The predicted molar refractivity (Wildman–Crippen MR) is 120 cm³/mol. The molecule has 0 spiro atoms. The quantitative estimate of drug-likeness (QED) is 0.248. The van der Waals surface area contributed by atoms with Crippen LogP contribution in [0.25, 0.3) is 0 Å². The highest BCUT2D eigenvalue weighted by Gasteiger charge is 2.14. The van der Waals surface area contributed by atoms with E-state index in [1.165, 1.54) is 6.21 Å². The minimum absolute atomic E-state index is 0.334. The third-order valence-electron chi connectivity index (χ3n) is 4.82. The van der Waals surface area contributed by atoms with Gasteiger partial charge < -0.3 is 9.47 Å². The summed E-state index contributed by atoms with van der Waals surface area (Å²) >= 11 is 3.40. The van der Waals surface area contributed by atoms with Gasteiger partial charge in [-0.2, -0.15) is 5.10 Å². The number of nitrogens with one attached hydrogen (secondary N) is 1. The van der Waals surface area contributed by atoms with Gasteiger partial charge in [0.15, 0.2) is 0 Å². The second kappa shape index (κ2) is 9.24. The molecule has 7 heteroatoms. The van der Waals surface area contributed by atoms with Gasteiger partial charge in [0, 0.05) is 15.6 Å². The first-order valence-corrected chi connectivity index (χ1v) is 10.4. The van der Waals surface area contributed by atoms with E-state index in [1.54, 1.807) is 42.5 Å². The number of benzene rings is 3. The van der Waals surface area contributed by atoms with Gasteiger partial charge in [0.25, 0.3) is 5.91 Å². The number of hydrogen-bond acceptors (Lipinski definition) is 5. The van der Waals surface area contributed by atoms with E-state index in [-0.39, 0.29) is 5.91 Å². The van der Waals surface area contributed by atoms with Crippen LogP contribution in [0.1, 0.15) is 43.0 Å². The first-order chi connectivity index (χ1) is 15.0. The van der Waals surface area contributed by atoms with Crippen LogP contribution in [0.4, 0.5) is 0 Å². The number of amides is 1. The minimum Gasteiger partial charge on any atom is -0.422 e. The van der Waals surface area contributed by atoms with E-state index in [4.69, 9.17) is 9.47 Å². The predicted octanol–water partition coefficient (Wildman–Crippen LogP) is 4.77. The first-order valence-electron chi connectivity index (χ1n) is 9.61. The average molecular weight is 479 g/mol. The Balaban J connectivity index is 1.47. The van der Waals surface area contributed by atoms with Crippen molar-refractivity contribution in [3.8, 4) is 5.75 Å². The van der Waals surface area contributed by atoms with E-state index >= 15 is 0 Å². The Kier molecular flexibility index (Phi) is 6.25. The largest absolute Gasteiger partial charge is 0.422 e. The van der Waals surface area contributed by atoms with Gasteiger partial charge in [-0.25, -0.2) is 10.2 Å². The zero-order valence-electron chi connectivity index (χ0n) is 16.7. The molecule has 1 aliphatic heterocycles. The fourth-order valence-electron chi connectivity index (χ4n) is 3.10. The molecule has 0 saturated heterocycles. The molecule has 3 aromatic rings. The molecule has 31 heavy (non-hydrogen) atoms. The maximum absolute atomic E-state index is 12.5. The number of fused-ring (bicyclic) bond motifs is 1. The molecule has 0 radical (unpaired) electrons. The second-order valence-corrected chi connectivity index (χ2v) is 8.03. The van der Waals surface area contributed by atoms with Crippen molar-refractivity contribution < 1.29 is 19.1 Å². The van der Waals surface area contributed by atoms with Crippen molar-refractivity contribution >= 4 is 34.0 Å². The fraction of sp³-hybridized carbons (Fsp3) is 0.125. The van der Waals surface area contributed by atoms with Crippen molar-refractivity contribution in [1.82, 2.24) is 5.43 Å². The zero-order valence-corrected chi connectivity index (χ0v) is 18.3. The number of aryl methyl sites for hydroxylation is 1. The SMILES string of the molecule is Cc1ccc(C(=O)Oc2ccc(Br)cc2C=NNC(=O)c2ccc3c(c2)COC3)cc1. The minimum atomic E-state index is -0.471. The summed E-state index contributed by atoms with van der Waals surface area (Å²) in [6.07, 6.45) is 1.44. The number of nitrogens with zero attached hydrogens (tertiary/aromatic N) is 1. The Hall–Kier alpha value is -3.29. The molecular formula is C24H19BrN2O4. The van der Waals surface area contributed by atoms with Crippen LogP contribution in [0.3, 0.4) is 0 Å². The number of hydrazone groups is 1. The third kappa shape index (κ3) is 5.07. The second-order valence-electron chi connectivity index (χ2n) is 7.11. The Labute approximate surface area is 188 Å². The number of ether oxygens (including phenoxy) is 2. The number of halogens is 1. The van der Waals surface area contributed by atoms with Crippen LogP contribution < -0.4 is 10.2 Å². The maximum atomic E-state index is 12.5. The molecule has 0 bridgehead atoms. The lowest BCUT2D eigenvalue weighted by molar-refractivity contribution is 0.0734. The Morgan fingerprint density at radius 2 is 1.74 bits per heavy atom. The van der Waals surface area contributed by atoms with Crippen molar-refractivity contribution in [2.45, 2.75) is 20.1 Å². The van der Waals surface area contributed by atoms with E-state index in [9.17, 15) is 9.59 Å². The zero-order chi connectivity index (χ0) is 21.8.